The number of phenols is 2. The molecule has 1 heterocycles. The van der Waals surface area contributed by atoms with Crippen molar-refractivity contribution in [1.29, 1.82) is 0 Å². The lowest BCUT2D eigenvalue weighted by molar-refractivity contribution is 0.0506. The van der Waals surface area contributed by atoms with E-state index >= 15 is 0 Å². The summed E-state index contributed by atoms with van der Waals surface area (Å²) >= 11 is 0. The Hall–Kier alpha value is -2.01. The third-order valence-corrected chi connectivity index (χ3v) is 3.69. The van der Waals surface area contributed by atoms with Crippen LogP contribution in [0.4, 0.5) is 0 Å². The van der Waals surface area contributed by atoms with Gasteiger partial charge < -0.3 is 20.1 Å². The van der Waals surface area contributed by atoms with Gasteiger partial charge in [-0.05, 0) is 43.7 Å². The molecule has 0 saturated carbocycles. The van der Waals surface area contributed by atoms with E-state index < -0.39 is 12.1 Å². The van der Waals surface area contributed by atoms with Crippen molar-refractivity contribution in [2.45, 2.75) is 44.6 Å². The number of fused-ring (bicyclic) bond motifs is 1. The largest absolute Gasteiger partial charge is 0.508 e. The van der Waals surface area contributed by atoms with E-state index in [1.807, 2.05) is 6.08 Å². The molecule has 0 aromatic heterocycles. The summed E-state index contributed by atoms with van der Waals surface area (Å²) in [4.78, 5) is 12.1. The minimum Gasteiger partial charge on any atom is -0.508 e. The summed E-state index contributed by atoms with van der Waals surface area (Å²) in [6, 6.07) is 2.50. The number of rotatable bonds is 0. The first-order chi connectivity index (χ1) is 10.6. The average Bonchev–Trinajstić information content (AvgIpc) is 2.44. The van der Waals surface area contributed by atoms with Crippen LogP contribution < -0.4 is 0 Å². The van der Waals surface area contributed by atoms with Crippen molar-refractivity contribution < 1.29 is 24.9 Å². The van der Waals surface area contributed by atoms with E-state index in [2.05, 4.69) is 6.08 Å². The Morgan fingerprint density at radius 3 is 2.68 bits per heavy atom. The van der Waals surface area contributed by atoms with E-state index in [9.17, 15) is 20.1 Å². The van der Waals surface area contributed by atoms with Crippen LogP contribution in [-0.2, 0) is 11.2 Å². The Morgan fingerprint density at radius 1 is 1.09 bits per heavy atom. The van der Waals surface area contributed by atoms with Crippen molar-refractivity contribution in [3.05, 3.63) is 35.4 Å². The predicted octanol–water partition coefficient (Wildman–Crippen LogP) is 2.68. The highest BCUT2D eigenvalue weighted by Crippen LogP contribution is 2.29. The molecule has 0 aliphatic carbocycles. The Labute approximate surface area is 129 Å². The fraction of sp³-hybridized carbons (Fsp3) is 0.471. The van der Waals surface area contributed by atoms with Gasteiger partial charge in [0.05, 0.1) is 12.7 Å². The number of hydrogen-bond acceptors (Lipinski definition) is 5. The molecule has 2 rings (SSSR count). The van der Waals surface area contributed by atoms with Gasteiger partial charge in [0.15, 0.2) is 0 Å². The highest BCUT2D eigenvalue weighted by molar-refractivity contribution is 5.94. The maximum absolute atomic E-state index is 12.1. The minimum absolute atomic E-state index is 0.0258. The van der Waals surface area contributed by atoms with Crippen LogP contribution in [0.15, 0.2) is 24.3 Å². The van der Waals surface area contributed by atoms with Crippen molar-refractivity contribution in [2.24, 2.45) is 0 Å². The topological polar surface area (TPSA) is 87.0 Å². The van der Waals surface area contributed by atoms with E-state index in [1.165, 1.54) is 6.07 Å². The predicted molar refractivity (Wildman–Crippen MR) is 82.0 cm³/mol. The molecule has 1 aromatic carbocycles. The number of hydrogen-bond donors (Lipinski definition) is 3. The lowest BCUT2D eigenvalue weighted by Crippen LogP contribution is -2.15. The molecule has 3 N–H and O–H groups in total. The highest BCUT2D eigenvalue weighted by Gasteiger charge is 2.21. The van der Waals surface area contributed by atoms with Gasteiger partial charge in [-0.2, -0.15) is 0 Å². The number of phenolic OH excluding ortho intramolecular Hbond substituents is 2. The summed E-state index contributed by atoms with van der Waals surface area (Å²) in [5.74, 6) is -1.10. The molecular weight excluding hydrogens is 284 g/mol. The number of carbonyl (C=O) groups is 1. The van der Waals surface area contributed by atoms with E-state index in [0.717, 1.165) is 25.3 Å². The van der Waals surface area contributed by atoms with E-state index in [-0.39, 0.29) is 30.1 Å². The van der Waals surface area contributed by atoms with Gasteiger partial charge in [-0.3, -0.25) is 0 Å². The second kappa shape index (κ2) is 7.84. The van der Waals surface area contributed by atoms with Crippen LogP contribution in [0.1, 0.15) is 48.0 Å². The van der Waals surface area contributed by atoms with Gasteiger partial charge in [0.2, 0.25) is 0 Å². The molecule has 1 unspecified atom stereocenters. The zero-order valence-electron chi connectivity index (χ0n) is 12.5. The Kier molecular flexibility index (Phi) is 5.83. The molecule has 5 nitrogen and oxygen atoms in total. The highest BCUT2D eigenvalue weighted by atomic mass is 16.5. The summed E-state index contributed by atoms with van der Waals surface area (Å²) in [5.41, 5.74) is 0.431. The SMILES string of the molecule is O=C1OCC/C=C/CCCCC(O)Cc2cc(O)cc(O)c21. The quantitative estimate of drug-likeness (QED) is 0.507. The third-order valence-electron chi connectivity index (χ3n) is 3.69. The maximum atomic E-state index is 12.1. The van der Waals surface area contributed by atoms with Gasteiger partial charge in [-0.25, -0.2) is 4.79 Å². The standard InChI is InChI=1S/C17H22O5/c18-13-7-5-3-1-2-4-6-8-22-17(21)16-12(9-13)10-14(19)11-15(16)20/h2,4,10-11,13,18-20H,1,3,5-9H2/b4-2+. The van der Waals surface area contributed by atoms with Crippen molar-refractivity contribution >= 4 is 5.97 Å². The van der Waals surface area contributed by atoms with Crippen molar-refractivity contribution in [3.8, 4) is 11.5 Å². The van der Waals surface area contributed by atoms with E-state index in [1.54, 1.807) is 0 Å². The normalized spacial score (nSPS) is 22.2. The summed E-state index contributed by atoms with van der Waals surface area (Å²) < 4.78 is 5.16. The zero-order valence-corrected chi connectivity index (χ0v) is 12.5. The van der Waals surface area contributed by atoms with Crippen LogP contribution in [0.3, 0.4) is 0 Å². The Bertz CT molecular complexity index is 550. The molecular formula is C17H22O5. The number of cyclic esters (lactones) is 1. The van der Waals surface area contributed by atoms with Gasteiger partial charge in [-0.15, -0.1) is 0 Å². The molecule has 0 amide bonds. The van der Waals surface area contributed by atoms with Crippen LogP contribution >= 0.6 is 0 Å². The van der Waals surface area contributed by atoms with Crippen molar-refractivity contribution in [3.63, 3.8) is 0 Å². The molecule has 5 heteroatoms. The Morgan fingerprint density at radius 2 is 1.86 bits per heavy atom. The minimum atomic E-state index is -0.634. The average molecular weight is 306 g/mol. The maximum Gasteiger partial charge on any atom is 0.342 e. The first kappa shape index (κ1) is 16.4. The van der Waals surface area contributed by atoms with E-state index in [4.69, 9.17) is 4.74 Å². The summed E-state index contributed by atoms with van der Waals surface area (Å²) in [6.45, 7) is 0.234. The third kappa shape index (κ3) is 4.49. The second-order valence-electron chi connectivity index (χ2n) is 5.54. The lowest BCUT2D eigenvalue weighted by Gasteiger charge is -2.15. The molecule has 0 fully saturated rings. The first-order valence-corrected chi connectivity index (χ1v) is 7.63. The smallest absolute Gasteiger partial charge is 0.342 e. The van der Waals surface area contributed by atoms with Crippen molar-refractivity contribution in [2.75, 3.05) is 6.61 Å². The van der Waals surface area contributed by atoms with Gasteiger partial charge in [0.25, 0.3) is 0 Å². The zero-order chi connectivity index (χ0) is 15.9. The molecule has 1 atom stereocenters. The first-order valence-electron chi connectivity index (χ1n) is 7.63. The monoisotopic (exact) mass is 306 g/mol. The number of aromatic hydroxyl groups is 2. The van der Waals surface area contributed by atoms with Crippen LogP contribution in [0, 0.1) is 0 Å². The number of carbonyl (C=O) groups excluding carboxylic acids is 1. The van der Waals surface area contributed by atoms with Crippen LogP contribution in [0.25, 0.3) is 0 Å². The molecule has 0 bridgehead atoms. The number of allylic oxidation sites excluding steroid dienone is 1. The van der Waals surface area contributed by atoms with Gasteiger partial charge in [0.1, 0.15) is 17.1 Å². The Balaban J connectivity index is 2.27. The molecule has 22 heavy (non-hydrogen) atoms. The van der Waals surface area contributed by atoms with Crippen molar-refractivity contribution in [1.82, 2.24) is 0 Å². The number of aliphatic hydroxyl groups excluding tert-OH is 1. The van der Waals surface area contributed by atoms with Crippen LogP contribution in [0.2, 0.25) is 0 Å². The van der Waals surface area contributed by atoms with E-state index in [0.29, 0.717) is 18.4 Å². The summed E-state index contributed by atoms with van der Waals surface area (Å²) in [6.07, 6.45) is 7.64. The number of aliphatic hydroxyl groups is 1. The molecule has 1 aliphatic heterocycles. The lowest BCUT2D eigenvalue weighted by atomic mass is 9.97. The molecule has 1 aromatic rings. The fourth-order valence-corrected chi connectivity index (χ4v) is 2.59. The van der Waals surface area contributed by atoms with Crippen LogP contribution in [0.5, 0.6) is 11.5 Å². The summed E-state index contributed by atoms with van der Waals surface area (Å²) in [7, 11) is 0. The molecule has 0 spiro atoms. The van der Waals surface area contributed by atoms with Gasteiger partial charge >= 0.3 is 5.97 Å². The van der Waals surface area contributed by atoms with Gasteiger partial charge in [-0.1, -0.05) is 18.6 Å². The second-order valence-corrected chi connectivity index (χ2v) is 5.54. The fourth-order valence-electron chi connectivity index (χ4n) is 2.59. The molecule has 120 valence electrons. The number of esters is 1. The van der Waals surface area contributed by atoms with Gasteiger partial charge in [0, 0.05) is 6.07 Å². The number of ether oxygens (including phenoxy) is 1. The number of benzene rings is 1. The molecule has 0 saturated heterocycles. The molecule has 0 radical (unpaired) electrons. The summed E-state index contributed by atoms with van der Waals surface area (Å²) in [5, 5.41) is 29.7. The molecule has 1 aliphatic rings. The van der Waals surface area contributed by atoms with Crippen LogP contribution in [-0.4, -0.2) is 34.0 Å².